The van der Waals surface area contributed by atoms with Gasteiger partial charge in [-0.1, -0.05) is 5.92 Å². The normalized spacial score (nSPS) is 21.8. The van der Waals surface area contributed by atoms with Crippen LogP contribution in [-0.4, -0.2) is 49.6 Å². The van der Waals surface area contributed by atoms with Crippen LogP contribution in [0.5, 0.6) is 0 Å². The van der Waals surface area contributed by atoms with Gasteiger partial charge in [-0.05, 0) is 33.4 Å². The maximum atomic E-state index is 11.6. The molecule has 1 amide bonds. The van der Waals surface area contributed by atoms with Gasteiger partial charge in [0.2, 0.25) is 5.91 Å². The number of hydrogen-bond donors (Lipinski definition) is 2. The molecule has 0 aromatic heterocycles. The lowest BCUT2D eigenvalue weighted by molar-refractivity contribution is -0.125. The Bertz CT molecular complexity index is 266. The van der Waals surface area contributed by atoms with Gasteiger partial charge < -0.3 is 10.6 Å². The summed E-state index contributed by atoms with van der Waals surface area (Å²) in [4.78, 5) is 13.7. The van der Waals surface area contributed by atoms with Crippen molar-refractivity contribution in [3.8, 4) is 12.3 Å². The van der Waals surface area contributed by atoms with Gasteiger partial charge in [0.1, 0.15) is 0 Å². The van der Waals surface area contributed by atoms with Crippen molar-refractivity contribution in [3.05, 3.63) is 0 Å². The number of nitrogens with zero attached hydrogens (tertiary/aromatic N) is 1. The fraction of sp³-hybridized carbons (Fsp3) is 0.750. The Morgan fingerprint density at radius 2 is 2.50 bits per heavy atom. The molecule has 2 atom stereocenters. The minimum Gasteiger partial charge on any atom is -0.344 e. The second kappa shape index (κ2) is 6.51. The molecule has 0 aromatic rings. The van der Waals surface area contributed by atoms with E-state index in [0.717, 1.165) is 13.1 Å². The summed E-state index contributed by atoms with van der Waals surface area (Å²) < 4.78 is 0. The van der Waals surface area contributed by atoms with Crippen molar-refractivity contribution in [2.24, 2.45) is 0 Å². The molecule has 1 aliphatic heterocycles. The van der Waals surface area contributed by atoms with E-state index in [0.29, 0.717) is 12.6 Å². The van der Waals surface area contributed by atoms with Crippen LogP contribution < -0.4 is 10.6 Å². The minimum atomic E-state index is -0.129. The van der Waals surface area contributed by atoms with Crippen LogP contribution in [-0.2, 0) is 4.79 Å². The summed E-state index contributed by atoms with van der Waals surface area (Å²) in [7, 11) is 1.97. The molecule has 16 heavy (non-hydrogen) atoms. The summed E-state index contributed by atoms with van der Waals surface area (Å²) in [5.41, 5.74) is 0. The molecule has 90 valence electrons. The van der Waals surface area contributed by atoms with Crippen LogP contribution >= 0.6 is 0 Å². The monoisotopic (exact) mass is 223 g/mol. The van der Waals surface area contributed by atoms with Crippen molar-refractivity contribution >= 4 is 5.91 Å². The van der Waals surface area contributed by atoms with E-state index >= 15 is 0 Å². The van der Waals surface area contributed by atoms with Crippen molar-refractivity contribution in [3.63, 3.8) is 0 Å². The molecule has 2 unspecified atom stereocenters. The maximum absolute atomic E-state index is 11.6. The number of rotatable bonds is 5. The third-order valence-corrected chi connectivity index (χ3v) is 3.08. The molecule has 1 aliphatic rings. The molecule has 0 radical (unpaired) electrons. The summed E-state index contributed by atoms with van der Waals surface area (Å²) in [5.74, 6) is 2.40. The number of likely N-dealkylation sites (N-methyl/N-ethyl adjacent to an activating group) is 1. The van der Waals surface area contributed by atoms with Gasteiger partial charge in [-0.3, -0.25) is 9.69 Å². The van der Waals surface area contributed by atoms with Crippen LogP contribution in [0, 0.1) is 12.3 Å². The van der Waals surface area contributed by atoms with E-state index in [1.165, 1.54) is 12.8 Å². The van der Waals surface area contributed by atoms with Crippen LogP contribution in [0.15, 0.2) is 0 Å². The lowest BCUT2D eigenvalue weighted by atomic mass is 10.2. The second-order valence-electron chi connectivity index (χ2n) is 4.33. The first kappa shape index (κ1) is 13.0. The molecule has 1 heterocycles. The van der Waals surface area contributed by atoms with Gasteiger partial charge in [0.05, 0.1) is 12.6 Å². The van der Waals surface area contributed by atoms with Crippen LogP contribution in [0.25, 0.3) is 0 Å². The van der Waals surface area contributed by atoms with Crippen LogP contribution in [0.1, 0.15) is 19.8 Å². The Balaban J connectivity index is 2.31. The topological polar surface area (TPSA) is 44.4 Å². The van der Waals surface area contributed by atoms with Crippen molar-refractivity contribution in [2.75, 3.05) is 26.7 Å². The quantitative estimate of drug-likeness (QED) is 0.635. The van der Waals surface area contributed by atoms with E-state index in [4.69, 9.17) is 6.42 Å². The van der Waals surface area contributed by atoms with E-state index in [2.05, 4.69) is 21.5 Å². The van der Waals surface area contributed by atoms with Crippen LogP contribution in [0.3, 0.4) is 0 Å². The third kappa shape index (κ3) is 3.84. The van der Waals surface area contributed by atoms with Crippen molar-refractivity contribution in [2.45, 2.75) is 31.8 Å². The molecule has 4 nitrogen and oxygen atoms in total. The SMILES string of the molecule is C#CCNC(=O)C(C)N(C)CC1CCCN1. The number of terminal acetylenes is 1. The van der Waals surface area contributed by atoms with E-state index in [9.17, 15) is 4.79 Å². The Morgan fingerprint density at radius 3 is 3.06 bits per heavy atom. The molecular weight excluding hydrogens is 202 g/mol. The lowest BCUT2D eigenvalue weighted by Gasteiger charge is -2.26. The third-order valence-electron chi connectivity index (χ3n) is 3.08. The average Bonchev–Trinajstić information content (AvgIpc) is 2.77. The molecule has 2 N–H and O–H groups in total. The summed E-state index contributed by atoms with van der Waals surface area (Å²) in [6, 6.07) is 0.392. The van der Waals surface area contributed by atoms with Gasteiger partial charge in [0.15, 0.2) is 0 Å². The molecule has 1 fully saturated rings. The highest BCUT2D eigenvalue weighted by Crippen LogP contribution is 2.07. The molecule has 0 aromatic carbocycles. The molecule has 0 saturated carbocycles. The van der Waals surface area contributed by atoms with E-state index in [-0.39, 0.29) is 11.9 Å². The summed E-state index contributed by atoms with van der Waals surface area (Å²) in [6.07, 6.45) is 7.53. The van der Waals surface area contributed by atoms with E-state index in [1.807, 2.05) is 14.0 Å². The summed E-state index contributed by atoms with van der Waals surface area (Å²) in [6.45, 7) is 4.21. The molecule has 1 saturated heterocycles. The summed E-state index contributed by atoms with van der Waals surface area (Å²) in [5, 5.41) is 6.12. The first-order valence-corrected chi connectivity index (χ1v) is 5.80. The van der Waals surface area contributed by atoms with Gasteiger partial charge >= 0.3 is 0 Å². The zero-order valence-electron chi connectivity index (χ0n) is 10.1. The van der Waals surface area contributed by atoms with Gasteiger partial charge in [-0.2, -0.15) is 0 Å². The Kier molecular flexibility index (Phi) is 5.30. The van der Waals surface area contributed by atoms with Gasteiger partial charge in [-0.15, -0.1) is 6.42 Å². The predicted molar refractivity (Wildman–Crippen MR) is 65.0 cm³/mol. The zero-order chi connectivity index (χ0) is 12.0. The predicted octanol–water partition coefficient (Wildman–Crippen LogP) is -0.192. The van der Waals surface area contributed by atoms with E-state index in [1.54, 1.807) is 0 Å². The van der Waals surface area contributed by atoms with Crippen molar-refractivity contribution < 1.29 is 4.79 Å². The highest BCUT2D eigenvalue weighted by atomic mass is 16.2. The second-order valence-corrected chi connectivity index (χ2v) is 4.33. The molecule has 4 heteroatoms. The molecule has 0 aliphatic carbocycles. The maximum Gasteiger partial charge on any atom is 0.237 e. The van der Waals surface area contributed by atoms with Crippen molar-refractivity contribution in [1.82, 2.24) is 15.5 Å². The first-order valence-electron chi connectivity index (χ1n) is 5.80. The fourth-order valence-corrected chi connectivity index (χ4v) is 1.90. The lowest BCUT2D eigenvalue weighted by Crippen LogP contribution is -2.47. The highest BCUT2D eigenvalue weighted by Gasteiger charge is 2.22. The van der Waals surface area contributed by atoms with Crippen LogP contribution in [0.4, 0.5) is 0 Å². The number of nitrogens with one attached hydrogen (secondary N) is 2. The largest absolute Gasteiger partial charge is 0.344 e. The smallest absolute Gasteiger partial charge is 0.237 e. The Labute approximate surface area is 97.8 Å². The molecular formula is C12H21N3O. The van der Waals surface area contributed by atoms with Gasteiger partial charge in [0.25, 0.3) is 0 Å². The average molecular weight is 223 g/mol. The zero-order valence-corrected chi connectivity index (χ0v) is 10.1. The number of hydrogen-bond acceptors (Lipinski definition) is 3. The Hall–Kier alpha value is -1.05. The van der Waals surface area contributed by atoms with Crippen LogP contribution in [0.2, 0.25) is 0 Å². The molecule has 1 rings (SSSR count). The number of carbonyl (C=O) groups is 1. The van der Waals surface area contributed by atoms with E-state index < -0.39 is 0 Å². The fourth-order valence-electron chi connectivity index (χ4n) is 1.90. The minimum absolute atomic E-state index is 0.00144. The summed E-state index contributed by atoms with van der Waals surface area (Å²) >= 11 is 0. The van der Waals surface area contributed by atoms with Gasteiger partial charge in [-0.25, -0.2) is 0 Å². The first-order chi connectivity index (χ1) is 7.65. The van der Waals surface area contributed by atoms with Gasteiger partial charge in [0, 0.05) is 12.6 Å². The molecule has 0 bridgehead atoms. The highest BCUT2D eigenvalue weighted by molar-refractivity contribution is 5.81. The number of carbonyl (C=O) groups excluding carboxylic acids is 1. The molecule has 0 spiro atoms. The van der Waals surface area contributed by atoms with Crippen molar-refractivity contribution in [1.29, 1.82) is 0 Å². The number of amides is 1. The Morgan fingerprint density at radius 1 is 1.75 bits per heavy atom. The standard InChI is InChI=1S/C12H21N3O/c1-4-7-14-12(16)10(2)15(3)9-11-6-5-8-13-11/h1,10-11,13H,5-9H2,2-3H3,(H,14,16).